The fraction of sp³-hybridized carbons (Fsp3) is 0.227. The van der Waals surface area contributed by atoms with Gasteiger partial charge in [-0.1, -0.05) is 24.3 Å². The first-order valence-corrected chi connectivity index (χ1v) is 9.90. The molecule has 32 heavy (non-hydrogen) atoms. The van der Waals surface area contributed by atoms with Gasteiger partial charge in [0.15, 0.2) is 29.6 Å². The number of amides is 2. The molecule has 9 nitrogen and oxygen atoms in total. The molecule has 0 aliphatic rings. The molecule has 0 unspecified atom stereocenters. The van der Waals surface area contributed by atoms with Gasteiger partial charge >= 0.3 is 0 Å². The molecular weight excluding hydrogens is 438 g/mol. The molecule has 2 aromatic carbocycles. The van der Waals surface area contributed by atoms with Crippen molar-refractivity contribution >= 4 is 29.6 Å². The lowest BCUT2D eigenvalue weighted by molar-refractivity contribution is -0.119. The third-order valence-electron chi connectivity index (χ3n) is 3.85. The number of ether oxygens (including phenoxy) is 4. The minimum Gasteiger partial charge on any atom is -0.493 e. The van der Waals surface area contributed by atoms with Crippen LogP contribution in [0.3, 0.4) is 0 Å². The van der Waals surface area contributed by atoms with Crippen LogP contribution >= 0.6 is 11.6 Å². The second kappa shape index (κ2) is 12.2. The van der Waals surface area contributed by atoms with Gasteiger partial charge in [0.1, 0.15) is 6.61 Å². The minimum atomic E-state index is -0.649. The normalized spacial score (nSPS) is 10.5. The molecule has 0 radical (unpaired) electrons. The van der Waals surface area contributed by atoms with Crippen LogP contribution in [0.5, 0.6) is 23.0 Å². The van der Waals surface area contributed by atoms with E-state index < -0.39 is 11.8 Å². The van der Waals surface area contributed by atoms with Gasteiger partial charge in [-0.3, -0.25) is 9.59 Å². The number of carbonyl (C=O) groups is 2. The van der Waals surface area contributed by atoms with Crippen molar-refractivity contribution in [2.24, 2.45) is 10.8 Å². The molecule has 0 fully saturated rings. The van der Waals surface area contributed by atoms with Gasteiger partial charge in [0.2, 0.25) is 0 Å². The molecular formula is C22H24ClN3O6. The van der Waals surface area contributed by atoms with Crippen LogP contribution in [0.2, 0.25) is 5.02 Å². The Morgan fingerprint density at radius 2 is 1.94 bits per heavy atom. The smallest absolute Gasteiger partial charge is 0.271 e. The van der Waals surface area contributed by atoms with Crippen molar-refractivity contribution in [2.45, 2.75) is 6.92 Å². The summed E-state index contributed by atoms with van der Waals surface area (Å²) in [5.41, 5.74) is 8.38. The summed E-state index contributed by atoms with van der Waals surface area (Å²) >= 11 is 6.19. The summed E-state index contributed by atoms with van der Waals surface area (Å²) in [6, 6.07) is 7.92. The Morgan fingerprint density at radius 1 is 1.16 bits per heavy atom. The lowest BCUT2D eigenvalue weighted by Crippen LogP contribution is -2.20. The maximum absolute atomic E-state index is 12.5. The molecule has 0 spiro atoms. The van der Waals surface area contributed by atoms with Gasteiger partial charge in [-0.2, -0.15) is 5.10 Å². The topological polar surface area (TPSA) is 121 Å². The first kappa shape index (κ1) is 24.5. The number of nitrogens with zero attached hydrogens (tertiary/aromatic N) is 1. The first-order chi connectivity index (χ1) is 15.4. The lowest BCUT2D eigenvalue weighted by Gasteiger charge is -2.12. The summed E-state index contributed by atoms with van der Waals surface area (Å²) in [7, 11) is 1.42. The molecule has 3 N–H and O–H groups in total. The predicted molar refractivity (Wildman–Crippen MR) is 121 cm³/mol. The third kappa shape index (κ3) is 6.92. The molecule has 0 bridgehead atoms. The zero-order valence-corrected chi connectivity index (χ0v) is 18.5. The van der Waals surface area contributed by atoms with E-state index in [2.05, 4.69) is 17.1 Å². The summed E-state index contributed by atoms with van der Waals surface area (Å²) < 4.78 is 21.6. The van der Waals surface area contributed by atoms with Crippen molar-refractivity contribution in [2.75, 3.05) is 26.9 Å². The van der Waals surface area contributed by atoms with Gasteiger partial charge in [-0.15, -0.1) is 0 Å². The Morgan fingerprint density at radius 3 is 2.59 bits per heavy atom. The molecule has 2 rings (SSSR count). The zero-order valence-electron chi connectivity index (χ0n) is 17.7. The van der Waals surface area contributed by atoms with Crippen molar-refractivity contribution in [1.29, 1.82) is 0 Å². The predicted octanol–water partition coefficient (Wildman–Crippen LogP) is 2.94. The Labute approximate surface area is 190 Å². The van der Waals surface area contributed by atoms with Gasteiger partial charge < -0.3 is 24.7 Å². The highest BCUT2D eigenvalue weighted by Crippen LogP contribution is 2.36. The van der Waals surface area contributed by atoms with Crippen LogP contribution < -0.4 is 30.1 Å². The number of hydrazone groups is 1. The van der Waals surface area contributed by atoms with E-state index >= 15 is 0 Å². The van der Waals surface area contributed by atoms with E-state index in [4.69, 9.17) is 36.3 Å². The number of nitrogens with one attached hydrogen (secondary N) is 1. The number of rotatable bonds is 12. The average Bonchev–Trinajstić information content (AvgIpc) is 2.77. The van der Waals surface area contributed by atoms with Crippen molar-refractivity contribution < 1.29 is 28.5 Å². The van der Waals surface area contributed by atoms with Crippen molar-refractivity contribution in [1.82, 2.24) is 5.43 Å². The highest BCUT2D eigenvalue weighted by atomic mass is 35.5. The van der Waals surface area contributed by atoms with E-state index in [9.17, 15) is 9.59 Å². The molecule has 0 heterocycles. The Kier molecular flexibility index (Phi) is 9.37. The fourth-order valence-corrected chi connectivity index (χ4v) is 2.79. The minimum absolute atomic E-state index is 0.177. The average molecular weight is 462 g/mol. The number of carbonyl (C=O) groups excluding carboxylic acids is 2. The van der Waals surface area contributed by atoms with Gasteiger partial charge in [-0.25, -0.2) is 5.43 Å². The largest absolute Gasteiger partial charge is 0.493 e. The van der Waals surface area contributed by atoms with Gasteiger partial charge in [0.25, 0.3) is 11.8 Å². The monoisotopic (exact) mass is 461 g/mol. The number of hydrogen-bond acceptors (Lipinski definition) is 7. The van der Waals surface area contributed by atoms with Crippen LogP contribution in [-0.4, -0.2) is 45.0 Å². The Balaban J connectivity index is 2.12. The summed E-state index contributed by atoms with van der Waals surface area (Å²) in [6.07, 6.45) is 3.00. The number of benzene rings is 2. The second-order valence-electron chi connectivity index (χ2n) is 6.18. The maximum atomic E-state index is 12.5. The summed E-state index contributed by atoms with van der Waals surface area (Å²) in [6.45, 7) is 5.82. The highest BCUT2D eigenvalue weighted by Gasteiger charge is 2.13. The molecule has 0 aromatic heterocycles. The molecule has 170 valence electrons. The first-order valence-electron chi connectivity index (χ1n) is 9.52. The quantitative estimate of drug-likeness (QED) is 0.285. The molecule has 0 aliphatic heterocycles. The standard InChI is InChI=1S/C22H24ClN3O6/c1-4-8-31-17-7-6-15(11-18(17)30-5-2)22(28)26-25-12-14-9-16(23)21(19(10-14)29-3)32-13-20(24)27/h4,6-7,9-12H,1,5,8,13H2,2-3H3,(H2,24,27)(H,26,28)/b25-12+. The van der Waals surface area contributed by atoms with Crippen molar-refractivity contribution in [3.8, 4) is 23.0 Å². The van der Waals surface area contributed by atoms with E-state index in [1.807, 2.05) is 6.92 Å². The van der Waals surface area contributed by atoms with Crippen LogP contribution in [0.25, 0.3) is 0 Å². The highest BCUT2D eigenvalue weighted by molar-refractivity contribution is 6.32. The van der Waals surface area contributed by atoms with E-state index in [0.29, 0.717) is 35.8 Å². The number of methoxy groups -OCH3 is 1. The van der Waals surface area contributed by atoms with Crippen LogP contribution in [0, 0.1) is 0 Å². The molecule has 10 heteroatoms. The van der Waals surface area contributed by atoms with Crippen LogP contribution in [0.15, 0.2) is 48.1 Å². The Hall–Kier alpha value is -3.72. The summed E-state index contributed by atoms with van der Waals surface area (Å²) in [4.78, 5) is 23.4. The summed E-state index contributed by atoms with van der Waals surface area (Å²) in [5.74, 6) is 0.307. The number of primary amides is 1. The fourth-order valence-electron chi connectivity index (χ4n) is 2.51. The molecule has 2 amide bonds. The lowest BCUT2D eigenvalue weighted by atomic mass is 10.2. The van der Waals surface area contributed by atoms with Gasteiger partial charge in [0, 0.05) is 5.56 Å². The van der Waals surface area contributed by atoms with Gasteiger partial charge in [0.05, 0.1) is 25.0 Å². The van der Waals surface area contributed by atoms with Crippen LogP contribution in [0.1, 0.15) is 22.8 Å². The SMILES string of the molecule is C=CCOc1ccc(C(=O)N/N=C/c2cc(Cl)c(OCC(N)=O)c(OC)c2)cc1OCC. The molecule has 0 saturated carbocycles. The third-order valence-corrected chi connectivity index (χ3v) is 4.13. The molecule has 2 aromatic rings. The van der Waals surface area contributed by atoms with E-state index in [1.54, 1.807) is 30.3 Å². The molecule has 0 atom stereocenters. The number of nitrogens with two attached hydrogens (primary N) is 1. The van der Waals surface area contributed by atoms with Crippen molar-refractivity contribution in [3.05, 3.63) is 59.1 Å². The van der Waals surface area contributed by atoms with E-state index in [1.165, 1.54) is 19.4 Å². The summed E-state index contributed by atoms with van der Waals surface area (Å²) in [5, 5.41) is 4.14. The molecule has 0 saturated heterocycles. The van der Waals surface area contributed by atoms with E-state index in [-0.39, 0.29) is 23.1 Å². The Bertz CT molecular complexity index is 1010. The second-order valence-corrected chi connectivity index (χ2v) is 6.59. The zero-order chi connectivity index (χ0) is 23.5. The maximum Gasteiger partial charge on any atom is 0.271 e. The molecule has 0 aliphatic carbocycles. The number of hydrogen-bond donors (Lipinski definition) is 2. The van der Waals surface area contributed by atoms with Gasteiger partial charge in [-0.05, 0) is 42.8 Å². The van der Waals surface area contributed by atoms with Crippen LogP contribution in [-0.2, 0) is 4.79 Å². The van der Waals surface area contributed by atoms with Crippen molar-refractivity contribution in [3.63, 3.8) is 0 Å². The number of halogens is 1. The van der Waals surface area contributed by atoms with Crippen LogP contribution in [0.4, 0.5) is 0 Å². The van der Waals surface area contributed by atoms with E-state index in [0.717, 1.165) is 0 Å².